The summed E-state index contributed by atoms with van der Waals surface area (Å²) in [6, 6.07) is 5.01. The Labute approximate surface area is 117 Å². The number of hydrazine groups is 1. The Morgan fingerprint density at radius 3 is 2.70 bits per heavy atom. The van der Waals surface area contributed by atoms with E-state index < -0.39 is 5.82 Å². The normalized spacial score (nSPS) is 15.8. The molecule has 1 aliphatic carbocycles. The molecule has 2 aromatic rings. The molecule has 0 spiro atoms. The van der Waals surface area contributed by atoms with Gasteiger partial charge in [0.2, 0.25) is 0 Å². The summed E-state index contributed by atoms with van der Waals surface area (Å²) >= 11 is 0. The average molecular weight is 275 g/mol. The van der Waals surface area contributed by atoms with Crippen molar-refractivity contribution in [2.45, 2.75) is 31.6 Å². The summed E-state index contributed by atoms with van der Waals surface area (Å²) in [5.41, 5.74) is 5.05. The first-order valence-electron chi connectivity index (χ1n) is 6.87. The van der Waals surface area contributed by atoms with Crippen molar-refractivity contribution in [2.75, 3.05) is 12.5 Å². The number of benzene rings is 1. The summed E-state index contributed by atoms with van der Waals surface area (Å²) in [6.45, 7) is 0. The lowest BCUT2D eigenvalue weighted by molar-refractivity contribution is 0.387. The van der Waals surface area contributed by atoms with E-state index in [-0.39, 0.29) is 5.75 Å². The Hall–Kier alpha value is -1.88. The van der Waals surface area contributed by atoms with Crippen molar-refractivity contribution in [1.29, 1.82) is 0 Å². The molecule has 0 saturated heterocycles. The van der Waals surface area contributed by atoms with Gasteiger partial charge in [0, 0.05) is 23.1 Å². The quantitative estimate of drug-likeness (QED) is 0.666. The van der Waals surface area contributed by atoms with Crippen LogP contribution in [-0.2, 0) is 0 Å². The fraction of sp³-hybridized carbons (Fsp3) is 0.400. The van der Waals surface area contributed by atoms with E-state index in [0.717, 1.165) is 29.6 Å². The van der Waals surface area contributed by atoms with Crippen LogP contribution in [-0.4, -0.2) is 12.1 Å². The molecule has 1 heterocycles. The number of nitrogens with two attached hydrogens (primary N) is 1. The van der Waals surface area contributed by atoms with Crippen LogP contribution in [0, 0.1) is 5.82 Å². The van der Waals surface area contributed by atoms with Gasteiger partial charge in [0.05, 0.1) is 18.3 Å². The monoisotopic (exact) mass is 275 g/mol. The molecule has 0 unspecified atom stereocenters. The van der Waals surface area contributed by atoms with Gasteiger partial charge >= 0.3 is 0 Å². The molecule has 1 fully saturated rings. The average Bonchev–Trinajstić information content (AvgIpc) is 2.99. The van der Waals surface area contributed by atoms with Gasteiger partial charge in [-0.2, -0.15) is 0 Å². The van der Waals surface area contributed by atoms with Crippen molar-refractivity contribution in [3.63, 3.8) is 0 Å². The third kappa shape index (κ3) is 2.18. The fourth-order valence-electron chi connectivity index (χ4n) is 2.95. The summed E-state index contributed by atoms with van der Waals surface area (Å²) in [6.07, 6.45) is 4.74. The van der Waals surface area contributed by atoms with Crippen LogP contribution < -0.4 is 16.0 Å². The molecule has 5 heteroatoms. The second-order valence-electron chi connectivity index (χ2n) is 5.22. The Kier molecular flexibility index (Phi) is 3.44. The zero-order valence-electron chi connectivity index (χ0n) is 11.4. The summed E-state index contributed by atoms with van der Waals surface area (Å²) in [5, 5.41) is 0.771. The second-order valence-corrected chi connectivity index (χ2v) is 5.22. The number of nitrogens with zero attached hydrogens (tertiary/aromatic N) is 1. The Bertz CT molecular complexity index is 639. The van der Waals surface area contributed by atoms with Crippen molar-refractivity contribution < 1.29 is 9.13 Å². The molecule has 106 valence electrons. The summed E-state index contributed by atoms with van der Waals surface area (Å²) < 4.78 is 18.9. The number of fused-ring (bicyclic) bond motifs is 1. The lowest BCUT2D eigenvalue weighted by Gasteiger charge is -2.14. The highest BCUT2D eigenvalue weighted by Gasteiger charge is 2.20. The maximum Gasteiger partial charge on any atom is 0.167 e. The Balaban J connectivity index is 2.17. The lowest BCUT2D eigenvalue weighted by Crippen LogP contribution is -2.09. The van der Waals surface area contributed by atoms with Gasteiger partial charge in [-0.25, -0.2) is 4.39 Å². The highest BCUT2D eigenvalue weighted by molar-refractivity contribution is 5.92. The zero-order valence-corrected chi connectivity index (χ0v) is 11.4. The molecular formula is C15H18FN3O. The van der Waals surface area contributed by atoms with E-state index in [2.05, 4.69) is 10.4 Å². The third-order valence-corrected chi connectivity index (χ3v) is 4.03. The van der Waals surface area contributed by atoms with Crippen molar-refractivity contribution in [3.8, 4) is 5.75 Å². The first-order valence-corrected chi connectivity index (χ1v) is 6.87. The van der Waals surface area contributed by atoms with Crippen molar-refractivity contribution >= 4 is 16.6 Å². The van der Waals surface area contributed by atoms with E-state index in [1.165, 1.54) is 26.0 Å². The predicted molar refractivity (Wildman–Crippen MR) is 77.3 cm³/mol. The van der Waals surface area contributed by atoms with E-state index in [4.69, 9.17) is 10.6 Å². The third-order valence-electron chi connectivity index (χ3n) is 4.03. The lowest BCUT2D eigenvalue weighted by atomic mass is 10.0. The molecule has 0 bridgehead atoms. The molecule has 4 nitrogen and oxygen atoms in total. The van der Waals surface area contributed by atoms with Gasteiger partial charge in [-0.05, 0) is 25.0 Å². The number of hydrogen-bond donors (Lipinski definition) is 2. The number of hydrogen-bond acceptors (Lipinski definition) is 4. The maximum atomic E-state index is 13.8. The fourth-order valence-corrected chi connectivity index (χ4v) is 2.95. The molecule has 0 amide bonds. The van der Waals surface area contributed by atoms with Crippen molar-refractivity contribution in [1.82, 2.24) is 4.98 Å². The molecule has 1 aromatic heterocycles. The van der Waals surface area contributed by atoms with Crippen LogP contribution in [0.25, 0.3) is 10.9 Å². The minimum Gasteiger partial charge on any atom is -0.494 e. The van der Waals surface area contributed by atoms with Crippen LogP contribution in [0.2, 0.25) is 0 Å². The number of rotatable bonds is 3. The summed E-state index contributed by atoms with van der Waals surface area (Å²) in [4.78, 5) is 4.61. The number of halogens is 1. The van der Waals surface area contributed by atoms with Gasteiger partial charge in [-0.15, -0.1) is 0 Å². The zero-order chi connectivity index (χ0) is 14.1. The highest BCUT2D eigenvalue weighted by Crippen LogP contribution is 2.37. The largest absolute Gasteiger partial charge is 0.494 e. The molecule has 3 rings (SSSR count). The highest BCUT2D eigenvalue weighted by atomic mass is 19.1. The van der Waals surface area contributed by atoms with Crippen LogP contribution >= 0.6 is 0 Å². The van der Waals surface area contributed by atoms with E-state index >= 15 is 0 Å². The molecule has 1 saturated carbocycles. The molecule has 0 atom stereocenters. The maximum absolute atomic E-state index is 13.8. The van der Waals surface area contributed by atoms with E-state index in [1.807, 2.05) is 6.07 Å². The number of nitrogens with one attached hydrogen (secondary N) is 1. The van der Waals surface area contributed by atoms with Crippen LogP contribution in [0.3, 0.4) is 0 Å². The molecule has 20 heavy (non-hydrogen) atoms. The second kappa shape index (κ2) is 5.25. The van der Waals surface area contributed by atoms with Gasteiger partial charge < -0.3 is 10.2 Å². The van der Waals surface area contributed by atoms with Crippen LogP contribution in [0.5, 0.6) is 5.75 Å². The minimum absolute atomic E-state index is 0.199. The van der Waals surface area contributed by atoms with Gasteiger partial charge in [-0.1, -0.05) is 12.8 Å². The van der Waals surface area contributed by atoms with Crippen LogP contribution in [0.4, 0.5) is 10.1 Å². The van der Waals surface area contributed by atoms with Crippen molar-refractivity contribution in [2.24, 2.45) is 5.84 Å². The number of ether oxygens (including phenoxy) is 1. The minimum atomic E-state index is -0.404. The van der Waals surface area contributed by atoms with Gasteiger partial charge in [0.25, 0.3) is 0 Å². The number of nitrogen functional groups attached to an aromatic ring is 1. The van der Waals surface area contributed by atoms with Gasteiger partial charge in [-0.3, -0.25) is 10.8 Å². The van der Waals surface area contributed by atoms with Crippen LogP contribution in [0.1, 0.15) is 37.3 Å². The molecule has 3 N–H and O–H groups in total. The standard InChI is InChI=1S/C15H18FN3O/c1-20-15-6-10-13(7-11(15)16)18-12(8-14(10)19-17)9-4-2-3-5-9/h6-9H,2-5,17H2,1H3,(H,18,19). The number of methoxy groups -OCH3 is 1. The predicted octanol–water partition coefficient (Wildman–Crippen LogP) is 3.33. The van der Waals surface area contributed by atoms with E-state index in [0.29, 0.717) is 11.4 Å². The summed E-state index contributed by atoms with van der Waals surface area (Å²) in [5.74, 6) is 5.85. The van der Waals surface area contributed by atoms with Gasteiger partial charge in [0.15, 0.2) is 11.6 Å². The number of anilines is 1. The molecule has 1 aromatic carbocycles. The first kappa shape index (κ1) is 13.1. The Morgan fingerprint density at radius 1 is 1.30 bits per heavy atom. The van der Waals surface area contributed by atoms with E-state index in [1.54, 1.807) is 6.07 Å². The topological polar surface area (TPSA) is 60.2 Å². The SMILES string of the molecule is COc1cc2c(NN)cc(C3CCCC3)nc2cc1F. The van der Waals surface area contributed by atoms with Crippen LogP contribution in [0.15, 0.2) is 18.2 Å². The number of pyridine rings is 1. The van der Waals surface area contributed by atoms with E-state index in [9.17, 15) is 4.39 Å². The molecule has 1 aliphatic rings. The summed E-state index contributed by atoms with van der Waals surface area (Å²) in [7, 11) is 1.44. The molecular weight excluding hydrogens is 257 g/mol. The first-order chi connectivity index (χ1) is 9.72. The number of aromatic nitrogens is 1. The molecule has 0 aliphatic heterocycles. The molecule has 0 radical (unpaired) electrons. The Morgan fingerprint density at radius 2 is 2.05 bits per heavy atom. The smallest absolute Gasteiger partial charge is 0.167 e. The van der Waals surface area contributed by atoms with Gasteiger partial charge in [0.1, 0.15) is 0 Å². The van der Waals surface area contributed by atoms with Crippen molar-refractivity contribution in [3.05, 3.63) is 29.7 Å².